The summed E-state index contributed by atoms with van der Waals surface area (Å²) in [6.07, 6.45) is -0.484. The van der Waals surface area contributed by atoms with Gasteiger partial charge in [0.15, 0.2) is 0 Å². The van der Waals surface area contributed by atoms with E-state index in [0.29, 0.717) is 6.42 Å². The van der Waals surface area contributed by atoms with Gasteiger partial charge in [0, 0.05) is 5.54 Å². The van der Waals surface area contributed by atoms with Crippen molar-refractivity contribution in [3.63, 3.8) is 0 Å². The van der Waals surface area contributed by atoms with Crippen LogP contribution in [0.3, 0.4) is 0 Å². The van der Waals surface area contributed by atoms with Crippen molar-refractivity contribution >= 4 is 12.4 Å². The standard InChI is InChI=1S/C14H18F3N.ClH/c1-2-13(7-4-8-18-13)10-11-5-3-6-12(9-11)14(15,16)17;/h3,5-6,9,18H,2,4,7-8,10H2,1H3;1H. The summed E-state index contributed by atoms with van der Waals surface area (Å²) in [7, 11) is 0. The van der Waals surface area contributed by atoms with Crippen LogP contribution in [0.15, 0.2) is 24.3 Å². The Hall–Kier alpha value is -0.740. The second kappa shape index (κ2) is 6.14. The van der Waals surface area contributed by atoms with Crippen LogP contribution in [0.2, 0.25) is 0 Å². The smallest absolute Gasteiger partial charge is 0.311 e. The van der Waals surface area contributed by atoms with Crippen LogP contribution in [-0.4, -0.2) is 12.1 Å². The Balaban J connectivity index is 0.00000180. The SMILES string of the molecule is CCC1(Cc2cccc(C(F)(F)F)c2)CCCN1.Cl. The molecule has 2 rings (SSSR count). The molecule has 19 heavy (non-hydrogen) atoms. The Morgan fingerprint density at radius 3 is 2.58 bits per heavy atom. The maximum atomic E-state index is 12.6. The second-order valence-electron chi connectivity index (χ2n) is 5.04. The van der Waals surface area contributed by atoms with E-state index in [1.807, 2.05) is 0 Å². The van der Waals surface area contributed by atoms with Crippen LogP contribution in [-0.2, 0) is 12.6 Å². The van der Waals surface area contributed by atoms with Crippen LogP contribution in [0.25, 0.3) is 0 Å². The topological polar surface area (TPSA) is 12.0 Å². The zero-order chi connectivity index (χ0) is 13.2. The van der Waals surface area contributed by atoms with Gasteiger partial charge < -0.3 is 5.32 Å². The van der Waals surface area contributed by atoms with E-state index in [2.05, 4.69) is 12.2 Å². The number of hydrogen-bond acceptors (Lipinski definition) is 1. The third-order valence-corrected chi connectivity index (χ3v) is 3.81. The predicted octanol–water partition coefficient (Wildman–Crippen LogP) is 4.20. The number of alkyl halides is 3. The van der Waals surface area contributed by atoms with Crippen molar-refractivity contribution in [2.75, 3.05) is 6.54 Å². The lowest BCUT2D eigenvalue weighted by Gasteiger charge is -2.28. The summed E-state index contributed by atoms with van der Waals surface area (Å²) in [5, 5.41) is 3.45. The highest BCUT2D eigenvalue weighted by atomic mass is 35.5. The summed E-state index contributed by atoms with van der Waals surface area (Å²) in [5.41, 5.74) is 0.204. The molecule has 1 nitrogen and oxygen atoms in total. The predicted molar refractivity (Wildman–Crippen MR) is 72.7 cm³/mol. The molecule has 0 radical (unpaired) electrons. The highest BCUT2D eigenvalue weighted by Gasteiger charge is 2.33. The van der Waals surface area contributed by atoms with Crippen LogP contribution < -0.4 is 5.32 Å². The van der Waals surface area contributed by atoms with Crippen molar-refractivity contribution in [2.24, 2.45) is 0 Å². The van der Waals surface area contributed by atoms with Gasteiger partial charge in [-0.25, -0.2) is 0 Å². The quantitative estimate of drug-likeness (QED) is 0.880. The fourth-order valence-corrected chi connectivity index (χ4v) is 2.69. The fraction of sp³-hybridized carbons (Fsp3) is 0.571. The summed E-state index contributed by atoms with van der Waals surface area (Å²) >= 11 is 0. The first kappa shape index (κ1) is 16.3. The number of nitrogens with one attached hydrogen (secondary N) is 1. The Labute approximate surface area is 118 Å². The van der Waals surface area contributed by atoms with Crippen molar-refractivity contribution in [3.8, 4) is 0 Å². The third-order valence-electron chi connectivity index (χ3n) is 3.81. The normalized spacial score (nSPS) is 23.2. The van der Waals surface area contributed by atoms with E-state index >= 15 is 0 Å². The molecule has 1 heterocycles. The zero-order valence-electron chi connectivity index (χ0n) is 10.9. The van der Waals surface area contributed by atoms with Gasteiger partial charge in [0.2, 0.25) is 0 Å². The van der Waals surface area contributed by atoms with Crippen LogP contribution in [0.5, 0.6) is 0 Å². The molecule has 0 saturated carbocycles. The molecule has 0 aromatic heterocycles. The second-order valence-corrected chi connectivity index (χ2v) is 5.04. The first-order chi connectivity index (χ1) is 8.45. The minimum atomic E-state index is -4.25. The maximum absolute atomic E-state index is 12.6. The van der Waals surface area contributed by atoms with E-state index in [0.717, 1.165) is 37.4 Å². The average Bonchev–Trinajstić information content (AvgIpc) is 2.77. The Kier molecular flexibility index (Phi) is 5.27. The molecular weight excluding hydrogens is 275 g/mol. The lowest BCUT2D eigenvalue weighted by atomic mass is 9.86. The lowest BCUT2D eigenvalue weighted by molar-refractivity contribution is -0.137. The van der Waals surface area contributed by atoms with Gasteiger partial charge in [-0.2, -0.15) is 13.2 Å². The summed E-state index contributed by atoms with van der Waals surface area (Å²) in [4.78, 5) is 0. The molecule has 108 valence electrons. The molecule has 1 aromatic carbocycles. The molecule has 1 aromatic rings. The molecule has 1 N–H and O–H groups in total. The molecule has 0 bridgehead atoms. The minimum absolute atomic E-state index is 0. The van der Waals surface area contributed by atoms with Crippen molar-refractivity contribution in [3.05, 3.63) is 35.4 Å². The fourth-order valence-electron chi connectivity index (χ4n) is 2.69. The van der Waals surface area contributed by atoms with Crippen LogP contribution in [0, 0.1) is 0 Å². The summed E-state index contributed by atoms with van der Waals surface area (Å²) in [6, 6.07) is 5.69. The van der Waals surface area contributed by atoms with Crippen molar-refractivity contribution < 1.29 is 13.2 Å². The number of hydrogen-bond donors (Lipinski definition) is 1. The van der Waals surface area contributed by atoms with E-state index in [-0.39, 0.29) is 17.9 Å². The molecule has 1 aliphatic rings. The van der Waals surface area contributed by atoms with Gasteiger partial charge in [-0.3, -0.25) is 0 Å². The summed E-state index contributed by atoms with van der Waals surface area (Å²) in [6.45, 7) is 3.05. The van der Waals surface area contributed by atoms with E-state index in [1.165, 1.54) is 12.1 Å². The van der Waals surface area contributed by atoms with Crippen LogP contribution in [0.1, 0.15) is 37.3 Å². The molecule has 1 saturated heterocycles. The Morgan fingerprint density at radius 1 is 1.32 bits per heavy atom. The molecule has 0 aliphatic carbocycles. The molecular formula is C14H19ClF3N. The molecule has 1 unspecified atom stereocenters. The maximum Gasteiger partial charge on any atom is 0.416 e. The highest BCUT2D eigenvalue weighted by molar-refractivity contribution is 5.85. The van der Waals surface area contributed by atoms with Crippen molar-refractivity contribution in [1.29, 1.82) is 0 Å². The monoisotopic (exact) mass is 293 g/mol. The Morgan fingerprint density at radius 2 is 2.05 bits per heavy atom. The molecule has 1 aliphatic heterocycles. The third kappa shape index (κ3) is 3.86. The van der Waals surface area contributed by atoms with Gasteiger partial charge >= 0.3 is 6.18 Å². The van der Waals surface area contributed by atoms with Gasteiger partial charge in [0.1, 0.15) is 0 Å². The van der Waals surface area contributed by atoms with Gasteiger partial charge in [-0.15, -0.1) is 12.4 Å². The summed E-state index contributed by atoms with van der Waals surface area (Å²) < 4.78 is 37.9. The van der Waals surface area contributed by atoms with Gasteiger partial charge in [-0.05, 0) is 43.9 Å². The van der Waals surface area contributed by atoms with Gasteiger partial charge in [-0.1, -0.05) is 25.1 Å². The van der Waals surface area contributed by atoms with Crippen molar-refractivity contribution in [1.82, 2.24) is 5.32 Å². The van der Waals surface area contributed by atoms with E-state index in [4.69, 9.17) is 0 Å². The van der Waals surface area contributed by atoms with Crippen LogP contribution in [0.4, 0.5) is 13.2 Å². The van der Waals surface area contributed by atoms with Crippen molar-refractivity contribution in [2.45, 2.75) is 44.3 Å². The van der Waals surface area contributed by atoms with Crippen LogP contribution >= 0.6 is 12.4 Å². The van der Waals surface area contributed by atoms with E-state index in [1.54, 1.807) is 6.07 Å². The molecule has 1 atom stereocenters. The largest absolute Gasteiger partial charge is 0.416 e. The molecule has 1 fully saturated rings. The Bertz CT molecular complexity index is 411. The summed E-state index contributed by atoms with van der Waals surface area (Å²) in [5.74, 6) is 0. The first-order valence-electron chi connectivity index (χ1n) is 6.36. The molecule has 5 heteroatoms. The number of benzene rings is 1. The van der Waals surface area contributed by atoms with Gasteiger partial charge in [0.25, 0.3) is 0 Å². The number of rotatable bonds is 3. The van der Waals surface area contributed by atoms with Gasteiger partial charge in [0.05, 0.1) is 5.56 Å². The minimum Gasteiger partial charge on any atom is -0.311 e. The average molecular weight is 294 g/mol. The first-order valence-corrected chi connectivity index (χ1v) is 6.36. The van der Waals surface area contributed by atoms with E-state index in [9.17, 15) is 13.2 Å². The number of halogens is 4. The molecule has 0 amide bonds. The lowest BCUT2D eigenvalue weighted by Crippen LogP contribution is -2.41. The van der Waals surface area contributed by atoms with E-state index < -0.39 is 11.7 Å². The molecule has 0 spiro atoms. The zero-order valence-corrected chi connectivity index (χ0v) is 11.7. The highest BCUT2D eigenvalue weighted by Crippen LogP contribution is 2.32.